The minimum atomic E-state index is -4.80. The molecule has 116 valence electrons. The van der Waals surface area contributed by atoms with Crippen molar-refractivity contribution in [1.82, 2.24) is 0 Å². The normalized spacial score (nSPS) is 20.3. The first kappa shape index (κ1) is 15.8. The predicted octanol–water partition coefficient (Wildman–Crippen LogP) is 1.62. The lowest BCUT2D eigenvalue weighted by Gasteiger charge is -2.43. The number of anilines is 1. The summed E-state index contributed by atoms with van der Waals surface area (Å²) >= 11 is 0. The number of alkyl halides is 3. The molecule has 0 unspecified atom stereocenters. The van der Waals surface area contributed by atoms with Gasteiger partial charge in [-0.1, -0.05) is 6.07 Å². The van der Waals surface area contributed by atoms with Crippen LogP contribution in [0.1, 0.15) is 25.0 Å². The number of carbonyl (C=O) groups is 1. The van der Waals surface area contributed by atoms with E-state index in [1.807, 2.05) is 0 Å². The largest absolute Gasteiger partial charge is 0.418 e. The highest BCUT2D eigenvalue weighted by Gasteiger charge is 2.62. The topological polar surface area (TPSA) is 80.5 Å². The van der Waals surface area contributed by atoms with E-state index in [0.717, 1.165) is 26.0 Å². The number of hydrogen-bond donors (Lipinski definition) is 1. The maximum absolute atomic E-state index is 13.1. The Bertz CT molecular complexity index is 711. The van der Waals surface area contributed by atoms with E-state index in [9.17, 15) is 26.4 Å². The molecule has 1 fully saturated rings. The molecule has 1 saturated heterocycles. The third kappa shape index (κ3) is 2.11. The number of nitrogens with zero attached hydrogens (tertiary/aromatic N) is 1. The van der Waals surface area contributed by atoms with Gasteiger partial charge in [-0.25, -0.2) is 12.7 Å². The second-order valence-corrected chi connectivity index (χ2v) is 7.47. The third-order valence-electron chi connectivity index (χ3n) is 3.41. The van der Waals surface area contributed by atoms with Gasteiger partial charge in [-0.2, -0.15) is 13.2 Å². The summed E-state index contributed by atoms with van der Waals surface area (Å²) in [5.41, 5.74) is 3.60. The molecule has 0 spiro atoms. The minimum absolute atomic E-state index is 0.129. The molecular weight excluding hydrogens is 309 g/mol. The molecular formula is C12H13F3N2O3S. The molecule has 21 heavy (non-hydrogen) atoms. The van der Waals surface area contributed by atoms with Crippen molar-refractivity contribution < 1.29 is 26.4 Å². The van der Waals surface area contributed by atoms with Crippen LogP contribution in [-0.4, -0.2) is 19.1 Å². The van der Waals surface area contributed by atoms with Gasteiger partial charge in [-0.05, 0) is 31.5 Å². The Hall–Kier alpha value is -1.61. The van der Waals surface area contributed by atoms with Crippen LogP contribution in [0.4, 0.5) is 18.9 Å². The Labute approximate surface area is 119 Å². The number of carbonyl (C=O) groups excluding carboxylic acids is 1. The van der Waals surface area contributed by atoms with Gasteiger partial charge in [0.2, 0.25) is 0 Å². The Balaban J connectivity index is 2.64. The maximum Gasteiger partial charge on any atom is 0.418 e. The number of rotatable bonds is 2. The molecule has 1 amide bonds. The van der Waals surface area contributed by atoms with Crippen molar-refractivity contribution in [3.63, 3.8) is 0 Å². The monoisotopic (exact) mass is 322 g/mol. The minimum Gasteiger partial charge on any atom is -0.326 e. The number of amides is 1. The van der Waals surface area contributed by atoms with E-state index in [2.05, 4.69) is 0 Å². The summed E-state index contributed by atoms with van der Waals surface area (Å²) in [6.07, 6.45) is -4.80. The fraction of sp³-hybridized carbons (Fsp3) is 0.417. The molecule has 0 atom stereocenters. The molecule has 1 aromatic carbocycles. The Kier molecular flexibility index (Phi) is 3.34. The van der Waals surface area contributed by atoms with Crippen LogP contribution in [-0.2, 0) is 27.5 Å². The van der Waals surface area contributed by atoms with Crippen LogP contribution in [0.5, 0.6) is 0 Å². The molecule has 0 aromatic heterocycles. The number of sulfonamides is 1. The molecule has 1 heterocycles. The molecule has 9 heteroatoms. The zero-order valence-corrected chi connectivity index (χ0v) is 12.0. The van der Waals surface area contributed by atoms with Gasteiger partial charge in [0, 0.05) is 6.54 Å². The van der Waals surface area contributed by atoms with E-state index >= 15 is 0 Å². The van der Waals surface area contributed by atoms with E-state index in [0.29, 0.717) is 0 Å². The zero-order chi connectivity index (χ0) is 16.2. The molecule has 1 aromatic rings. The van der Waals surface area contributed by atoms with E-state index in [1.165, 1.54) is 6.07 Å². The lowest BCUT2D eigenvalue weighted by Crippen LogP contribution is -2.68. The highest BCUT2D eigenvalue weighted by atomic mass is 32.2. The van der Waals surface area contributed by atoms with Crippen molar-refractivity contribution in [1.29, 1.82) is 0 Å². The Morgan fingerprint density at radius 3 is 2.29 bits per heavy atom. The predicted molar refractivity (Wildman–Crippen MR) is 69.8 cm³/mol. The Morgan fingerprint density at radius 2 is 1.86 bits per heavy atom. The molecule has 1 aliphatic rings. The molecule has 0 saturated carbocycles. The summed E-state index contributed by atoms with van der Waals surface area (Å²) in [4.78, 5) is 11.9. The van der Waals surface area contributed by atoms with Crippen molar-refractivity contribution in [3.05, 3.63) is 29.3 Å². The number of halogens is 3. The lowest BCUT2D eigenvalue weighted by molar-refractivity contribution is -0.137. The van der Waals surface area contributed by atoms with Crippen LogP contribution in [0.3, 0.4) is 0 Å². The summed E-state index contributed by atoms with van der Waals surface area (Å²) < 4.78 is 61.8. The van der Waals surface area contributed by atoms with Gasteiger partial charge < -0.3 is 5.73 Å². The van der Waals surface area contributed by atoms with E-state index < -0.39 is 38.1 Å². The molecule has 0 aliphatic carbocycles. The lowest BCUT2D eigenvalue weighted by atomic mass is 10.1. The summed E-state index contributed by atoms with van der Waals surface area (Å²) in [6.45, 7) is 2.18. The average Bonchev–Trinajstić information content (AvgIpc) is 2.37. The van der Waals surface area contributed by atoms with Crippen molar-refractivity contribution >= 4 is 21.6 Å². The zero-order valence-electron chi connectivity index (χ0n) is 11.2. The van der Waals surface area contributed by atoms with Crippen LogP contribution in [0, 0.1) is 0 Å². The quantitative estimate of drug-likeness (QED) is 0.897. The summed E-state index contributed by atoms with van der Waals surface area (Å²) in [5.74, 6) is -0.895. The molecule has 5 nitrogen and oxygen atoms in total. The fourth-order valence-electron chi connectivity index (χ4n) is 2.01. The highest BCUT2D eigenvalue weighted by Crippen LogP contribution is 2.45. The van der Waals surface area contributed by atoms with E-state index in [-0.39, 0.29) is 16.4 Å². The van der Waals surface area contributed by atoms with Crippen LogP contribution in [0.25, 0.3) is 0 Å². The van der Waals surface area contributed by atoms with Crippen molar-refractivity contribution in [3.8, 4) is 0 Å². The number of benzene rings is 1. The van der Waals surface area contributed by atoms with Crippen LogP contribution in [0.15, 0.2) is 18.2 Å². The van der Waals surface area contributed by atoms with Crippen molar-refractivity contribution in [2.45, 2.75) is 31.3 Å². The average molecular weight is 322 g/mol. The molecule has 2 rings (SSSR count). The van der Waals surface area contributed by atoms with Gasteiger partial charge in [0.05, 0.1) is 11.3 Å². The van der Waals surface area contributed by atoms with E-state index in [4.69, 9.17) is 5.73 Å². The Morgan fingerprint density at radius 1 is 1.29 bits per heavy atom. The number of nitrogens with two attached hydrogens (primary N) is 1. The molecule has 0 radical (unpaired) electrons. The maximum atomic E-state index is 13.1. The third-order valence-corrected chi connectivity index (χ3v) is 5.71. The van der Waals surface area contributed by atoms with Crippen LogP contribution < -0.4 is 10.0 Å². The number of hydrogen-bond acceptors (Lipinski definition) is 4. The SMILES string of the molecule is CC1(C)C(=O)N(c2ccc(CN)cc2C(F)(F)F)S1(=O)=O. The van der Waals surface area contributed by atoms with Gasteiger partial charge in [-0.15, -0.1) is 0 Å². The standard InChI is InChI=1S/C12H13F3N2O3S/c1-11(2)10(18)17(21(11,19)20)9-4-3-7(6-16)5-8(9)12(13,14)15/h3-5H,6,16H2,1-2H3. The first-order valence-electron chi connectivity index (χ1n) is 5.94. The smallest absolute Gasteiger partial charge is 0.326 e. The summed E-state index contributed by atoms with van der Waals surface area (Å²) in [6, 6.07) is 2.97. The second-order valence-electron chi connectivity index (χ2n) is 5.14. The molecule has 2 N–H and O–H groups in total. The first-order valence-corrected chi connectivity index (χ1v) is 7.38. The van der Waals surface area contributed by atoms with Gasteiger partial charge >= 0.3 is 6.18 Å². The van der Waals surface area contributed by atoms with Crippen molar-refractivity contribution in [2.24, 2.45) is 5.73 Å². The van der Waals surface area contributed by atoms with Gasteiger partial charge in [0.15, 0.2) is 4.75 Å². The van der Waals surface area contributed by atoms with Gasteiger partial charge in [0.25, 0.3) is 15.9 Å². The second kappa shape index (κ2) is 4.44. The van der Waals surface area contributed by atoms with Crippen molar-refractivity contribution in [2.75, 3.05) is 4.31 Å². The van der Waals surface area contributed by atoms with Crippen LogP contribution >= 0.6 is 0 Å². The molecule has 0 bridgehead atoms. The summed E-state index contributed by atoms with van der Waals surface area (Å²) in [7, 11) is -4.15. The first-order chi connectivity index (χ1) is 9.44. The van der Waals surface area contributed by atoms with Gasteiger partial charge in [-0.3, -0.25) is 4.79 Å². The fourth-order valence-corrected chi connectivity index (χ4v) is 3.51. The van der Waals surface area contributed by atoms with E-state index in [1.54, 1.807) is 0 Å². The van der Waals surface area contributed by atoms with Gasteiger partial charge in [0.1, 0.15) is 0 Å². The van der Waals surface area contributed by atoms with Crippen LogP contribution in [0.2, 0.25) is 0 Å². The highest BCUT2D eigenvalue weighted by molar-refractivity contribution is 7.98. The molecule has 1 aliphatic heterocycles. The summed E-state index contributed by atoms with van der Waals surface area (Å²) in [5, 5.41) is 0.